The molecular weight excluding hydrogens is 436 g/mol. The molecule has 0 unspecified atom stereocenters. The fourth-order valence-electron chi connectivity index (χ4n) is 2.89. The van der Waals surface area contributed by atoms with Gasteiger partial charge in [0.1, 0.15) is 0 Å². The summed E-state index contributed by atoms with van der Waals surface area (Å²) in [6.45, 7) is 0. The zero-order valence-corrected chi connectivity index (χ0v) is 16.6. The van der Waals surface area contributed by atoms with Crippen molar-refractivity contribution in [1.29, 1.82) is 0 Å². The van der Waals surface area contributed by atoms with E-state index in [2.05, 4.69) is 60.7 Å². The average molecular weight is 452 g/mol. The van der Waals surface area contributed by atoms with Gasteiger partial charge < -0.3 is 0 Å². The summed E-state index contributed by atoms with van der Waals surface area (Å²) in [5.41, 5.74) is 2.15. The Kier molecular flexibility index (Phi) is 4.65. The molecule has 0 amide bonds. The van der Waals surface area contributed by atoms with E-state index in [0.717, 1.165) is 11.1 Å². The first kappa shape index (κ1) is 16.8. The standard InChI is InChI=1S/2C11H8.2ClH.Ru/c2*1-9-6-7-10-4-2-3-5-11(10)8-9;;;/h2*1-8H;2*1H;/q;;;;+2/p-2. The van der Waals surface area contributed by atoms with Crippen LogP contribution in [-0.2, 0) is 11.9 Å². The molecule has 0 radical (unpaired) electrons. The first-order valence-corrected chi connectivity index (χ1v) is 14.4. The Bertz CT molecular complexity index is 1100. The molecule has 0 aliphatic carbocycles. The van der Waals surface area contributed by atoms with E-state index in [0.29, 0.717) is 0 Å². The molecule has 0 aliphatic rings. The Labute approximate surface area is 157 Å². The summed E-state index contributed by atoms with van der Waals surface area (Å²) in [5.74, 6) is 0. The van der Waals surface area contributed by atoms with E-state index in [4.69, 9.17) is 19.4 Å². The van der Waals surface area contributed by atoms with E-state index in [9.17, 15) is 0 Å². The van der Waals surface area contributed by atoms with Gasteiger partial charge in [-0.05, 0) is 0 Å². The van der Waals surface area contributed by atoms with Gasteiger partial charge in [0, 0.05) is 0 Å². The number of benzene rings is 4. The van der Waals surface area contributed by atoms with E-state index in [1.165, 1.54) is 21.5 Å². The van der Waals surface area contributed by atoms with E-state index < -0.39 is 11.9 Å². The van der Waals surface area contributed by atoms with Gasteiger partial charge in [-0.2, -0.15) is 0 Å². The molecule has 0 aromatic heterocycles. The second-order valence-corrected chi connectivity index (χ2v) is 15.3. The third kappa shape index (κ3) is 3.96. The number of rotatable bonds is 2. The number of hydrogen-bond donors (Lipinski definition) is 0. The third-order valence-corrected chi connectivity index (χ3v) is 8.38. The average Bonchev–Trinajstić information content (AvgIpc) is 2.61. The van der Waals surface area contributed by atoms with Crippen LogP contribution in [0.2, 0.25) is 0 Å². The molecular formula is C22H16Cl2Ru. The van der Waals surface area contributed by atoms with E-state index in [1.807, 2.05) is 33.5 Å². The maximum atomic E-state index is 6.73. The maximum absolute atomic E-state index is 6.73. The van der Waals surface area contributed by atoms with Crippen molar-refractivity contribution in [1.82, 2.24) is 0 Å². The molecule has 0 fully saturated rings. The van der Waals surface area contributed by atoms with Gasteiger partial charge in [-0.15, -0.1) is 0 Å². The second-order valence-electron chi connectivity index (χ2n) is 5.89. The first-order valence-electron chi connectivity index (χ1n) is 7.88. The zero-order chi connectivity index (χ0) is 17.3. The van der Waals surface area contributed by atoms with Crippen molar-refractivity contribution in [3.63, 3.8) is 0 Å². The molecule has 3 heteroatoms. The van der Waals surface area contributed by atoms with Gasteiger partial charge in [0.2, 0.25) is 0 Å². The van der Waals surface area contributed by atoms with Gasteiger partial charge in [-0.25, -0.2) is 0 Å². The molecule has 0 spiro atoms. The van der Waals surface area contributed by atoms with Crippen molar-refractivity contribution in [2.45, 2.75) is 0 Å². The quantitative estimate of drug-likeness (QED) is 0.307. The first-order chi connectivity index (χ1) is 12.1. The topological polar surface area (TPSA) is 0 Å². The van der Waals surface area contributed by atoms with Crippen molar-refractivity contribution >= 4 is 50.1 Å². The van der Waals surface area contributed by atoms with Gasteiger partial charge in [0.25, 0.3) is 0 Å². The van der Waals surface area contributed by atoms with Crippen molar-refractivity contribution in [3.05, 3.63) is 96.1 Å². The molecule has 4 rings (SSSR count). The van der Waals surface area contributed by atoms with E-state index in [1.54, 1.807) is 0 Å². The molecule has 0 saturated heterocycles. The van der Waals surface area contributed by atoms with Crippen molar-refractivity contribution in [3.8, 4) is 0 Å². The molecule has 0 aliphatic heterocycles. The molecule has 4 aromatic rings. The predicted octanol–water partition coefficient (Wildman–Crippen LogP) is 6.46. The van der Waals surface area contributed by atoms with Crippen LogP contribution < -0.4 is 0 Å². The molecule has 126 valence electrons. The fourth-order valence-corrected chi connectivity index (χ4v) is 7.31. The van der Waals surface area contributed by atoms with Crippen LogP contribution in [0, 0.1) is 0 Å². The second kappa shape index (κ2) is 6.92. The SMILES string of the molecule is [Cl][Ru]([Cl])(=[CH]c1ccc2ccccc2c1)=[CH]c1ccc2ccccc2c1. The fraction of sp³-hybridized carbons (Fsp3) is 0. The summed E-state index contributed by atoms with van der Waals surface area (Å²) in [4.78, 5) is 0. The molecule has 0 saturated carbocycles. The van der Waals surface area contributed by atoms with Gasteiger partial charge in [-0.3, -0.25) is 0 Å². The predicted molar refractivity (Wildman–Crippen MR) is 110 cm³/mol. The molecule has 0 N–H and O–H groups in total. The minimum atomic E-state index is -3.02. The third-order valence-electron chi connectivity index (χ3n) is 4.05. The zero-order valence-electron chi connectivity index (χ0n) is 13.3. The summed E-state index contributed by atoms with van der Waals surface area (Å²) in [5, 5.41) is 4.84. The van der Waals surface area contributed by atoms with Crippen LogP contribution in [0.3, 0.4) is 0 Å². The van der Waals surface area contributed by atoms with Crippen LogP contribution in [0.5, 0.6) is 0 Å². The molecule has 0 nitrogen and oxygen atoms in total. The van der Waals surface area contributed by atoms with Crippen LogP contribution in [0.15, 0.2) is 84.9 Å². The normalized spacial score (nSPS) is 12.2. The van der Waals surface area contributed by atoms with Crippen molar-refractivity contribution in [2.75, 3.05) is 0 Å². The summed E-state index contributed by atoms with van der Waals surface area (Å²) in [6.07, 6.45) is 0. The van der Waals surface area contributed by atoms with E-state index >= 15 is 0 Å². The molecule has 25 heavy (non-hydrogen) atoms. The van der Waals surface area contributed by atoms with Crippen LogP contribution in [0.4, 0.5) is 0 Å². The number of hydrogen-bond acceptors (Lipinski definition) is 0. The van der Waals surface area contributed by atoms with Crippen LogP contribution in [0.1, 0.15) is 11.1 Å². The van der Waals surface area contributed by atoms with Gasteiger partial charge in [-0.1, -0.05) is 0 Å². The molecule has 0 bridgehead atoms. The monoisotopic (exact) mass is 452 g/mol. The minimum absolute atomic E-state index is 1.08. The Morgan fingerprint density at radius 1 is 0.520 bits per heavy atom. The van der Waals surface area contributed by atoms with Crippen LogP contribution >= 0.6 is 19.4 Å². The van der Waals surface area contributed by atoms with Crippen molar-refractivity contribution in [2.24, 2.45) is 0 Å². The Hall–Kier alpha value is -1.66. The van der Waals surface area contributed by atoms with E-state index in [-0.39, 0.29) is 0 Å². The Balaban J connectivity index is 1.79. The van der Waals surface area contributed by atoms with Crippen molar-refractivity contribution < 1.29 is 11.9 Å². The van der Waals surface area contributed by atoms with Gasteiger partial charge >= 0.3 is 158 Å². The Morgan fingerprint density at radius 2 is 0.920 bits per heavy atom. The van der Waals surface area contributed by atoms with Gasteiger partial charge in [0.15, 0.2) is 0 Å². The number of halogens is 2. The summed E-state index contributed by atoms with van der Waals surface area (Å²) >= 11 is -3.02. The Morgan fingerprint density at radius 3 is 1.36 bits per heavy atom. The summed E-state index contributed by atoms with van der Waals surface area (Å²) in [7, 11) is 13.5. The molecule has 4 aromatic carbocycles. The summed E-state index contributed by atoms with van der Waals surface area (Å²) in [6, 6.07) is 29.3. The van der Waals surface area contributed by atoms with Crippen LogP contribution in [0.25, 0.3) is 21.5 Å². The summed E-state index contributed by atoms with van der Waals surface area (Å²) < 4.78 is 4.09. The molecule has 0 atom stereocenters. The van der Waals surface area contributed by atoms with Crippen LogP contribution in [-0.4, -0.2) is 9.22 Å². The molecule has 0 heterocycles. The van der Waals surface area contributed by atoms with Gasteiger partial charge in [0.05, 0.1) is 0 Å². The number of fused-ring (bicyclic) bond motifs is 2.